The molecule has 2 aromatic heterocycles. The molecule has 0 aliphatic carbocycles. The summed E-state index contributed by atoms with van der Waals surface area (Å²) in [6, 6.07) is 6.03. The Bertz CT molecular complexity index is 2850. The van der Waals surface area contributed by atoms with Gasteiger partial charge in [0, 0.05) is 73.6 Å². The van der Waals surface area contributed by atoms with Crippen LogP contribution in [0.15, 0.2) is 59.1 Å². The van der Waals surface area contributed by atoms with Crippen molar-refractivity contribution in [2.45, 2.75) is 109 Å². The highest BCUT2D eigenvalue weighted by Gasteiger charge is 2.57. The van der Waals surface area contributed by atoms with E-state index in [9.17, 15) is 50.6 Å². The lowest BCUT2D eigenvalue weighted by molar-refractivity contribution is -0.221. The Hall–Kier alpha value is -7.15. The molecule has 0 radical (unpaired) electrons. The molecule has 27 heteroatoms. The van der Waals surface area contributed by atoms with Crippen LogP contribution >= 0.6 is 0 Å². The highest BCUT2D eigenvalue weighted by molar-refractivity contribution is 5.87. The number of methoxy groups -OCH3 is 2. The molecule has 5 N–H and O–H groups in total. The number of anilines is 1. The van der Waals surface area contributed by atoms with E-state index in [1.54, 1.807) is 18.3 Å². The summed E-state index contributed by atoms with van der Waals surface area (Å²) in [5, 5.41) is 26.0. The van der Waals surface area contributed by atoms with Crippen LogP contribution in [0.4, 0.5) is 50.5 Å². The van der Waals surface area contributed by atoms with Crippen molar-refractivity contribution >= 4 is 29.8 Å². The van der Waals surface area contributed by atoms with Crippen LogP contribution in [0.3, 0.4) is 0 Å². The fourth-order valence-corrected chi connectivity index (χ4v) is 9.18. The summed E-state index contributed by atoms with van der Waals surface area (Å²) in [6.07, 6.45) is -13.1. The molecule has 5 heterocycles. The smallest absolute Gasteiger partial charge is 0.407 e. The van der Waals surface area contributed by atoms with E-state index in [-0.39, 0.29) is 17.3 Å². The number of carbonyl (C=O) groups is 4. The third-order valence-electron chi connectivity index (χ3n) is 14.2. The number of carbonyl (C=O) groups excluding carboxylic acids is 4. The minimum atomic E-state index is -5.19. The van der Waals surface area contributed by atoms with Gasteiger partial charge in [0.2, 0.25) is 17.7 Å². The van der Waals surface area contributed by atoms with Gasteiger partial charge in [-0.2, -0.15) is 26.3 Å². The van der Waals surface area contributed by atoms with Gasteiger partial charge in [0.1, 0.15) is 29.5 Å². The Kier molecular flexibility index (Phi) is 17.6. The lowest BCUT2D eigenvalue weighted by Crippen LogP contribution is -2.63. The van der Waals surface area contributed by atoms with Crippen molar-refractivity contribution in [3.8, 4) is 23.3 Å². The first kappa shape index (κ1) is 58.5. The molecule has 0 saturated carbocycles. The quantitative estimate of drug-likeness (QED) is 0.0483. The molecular weight excluding hydrogens is 1050 g/mol. The fourth-order valence-electron chi connectivity index (χ4n) is 9.18. The molecule has 3 fully saturated rings. The number of alkyl halides is 6. The molecule has 3 aliphatic heterocycles. The van der Waals surface area contributed by atoms with Gasteiger partial charge in [0.05, 0.1) is 56.5 Å². The number of rotatable bonds is 18. The van der Waals surface area contributed by atoms with E-state index in [4.69, 9.17) is 9.15 Å². The maximum absolute atomic E-state index is 16.0. The molecule has 2 bridgehead atoms. The van der Waals surface area contributed by atoms with E-state index in [2.05, 4.69) is 57.0 Å². The van der Waals surface area contributed by atoms with Gasteiger partial charge < -0.3 is 44.6 Å². The van der Waals surface area contributed by atoms with Crippen LogP contribution in [0.2, 0.25) is 0 Å². The Morgan fingerprint density at radius 2 is 1.37 bits per heavy atom. The maximum Gasteiger partial charge on any atom is 0.407 e. The Labute approximate surface area is 442 Å². The predicted octanol–water partition coefficient (Wildman–Crippen LogP) is 5.33. The van der Waals surface area contributed by atoms with E-state index in [1.165, 1.54) is 19.1 Å². The number of pyridine rings is 1. The number of fused-ring (bicyclic) bond motifs is 2. The summed E-state index contributed by atoms with van der Waals surface area (Å²) in [5.41, 5.74) is -3.70. The molecule has 4 amide bonds. The van der Waals surface area contributed by atoms with Gasteiger partial charge in [-0.3, -0.25) is 19.9 Å². The number of nitrogens with zero attached hydrogens (tertiary/aromatic N) is 6. The van der Waals surface area contributed by atoms with Crippen LogP contribution in [0, 0.1) is 41.2 Å². The minimum absolute atomic E-state index is 0.0429. The van der Waals surface area contributed by atoms with Crippen LogP contribution in [0.1, 0.15) is 62.3 Å². The third kappa shape index (κ3) is 13.2. The number of hydrazine groups is 1. The number of likely N-dealkylation sites (tertiary alicyclic amines) is 1. The first-order valence-corrected chi connectivity index (χ1v) is 24.4. The summed E-state index contributed by atoms with van der Waals surface area (Å²) in [5.74, 6) is 0.866. The monoisotopic (exact) mass is 1110 g/mol. The topological polar surface area (TPSA) is 226 Å². The van der Waals surface area contributed by atoms with Gasteiger partial charge in [0.15, 0.2) is 0 Å². The first-order chi connectivity index (χ1) is 36.6. The van der Waals surface area contributed by atoms with Crippen molar-refractivity contribution < 1.29 is 78.0 Å². The van der Waals surface area contributed by atoms with E-state index >= 15 is 8.78 Å². The number of aromatic nitrogens is 3. The van der Waals surface area contributed by atoms with Crippen molar-refractivity contribution in [3.05, 3.63) is 94.5 Å². The maximum atomic E-state index is 16.0. The first-order valence-electron chi connectivity index (χ1n) is 24.4. The number of aliphatic hydroxyl groups is 1. The summed E-state index contributed by atoms with van der Waals surface area (Å²) >= 11 is 0. The molecule has 2 aromatic carbocycles. The largest absolute Gasteiger partial charge is 0.453 e. The van der Waals surface area contributed by atoms with Gasteiger partial charge in [-0.05, 0) is 82.5 Å². The van der Waals surface area contributed by atoms with Gasteiger partial charge in [0.25, 0.3) is 5.91 Å². The van der Waals surface area contributed by atoms with Crippen molar-refractivity contribution in [1.29, 1.82) is 0 Å². The minimum Gasteiger partial charge on any atom is -0.453 e. The van der Waals surface area contributed by atoms with E-state index in [0.29, 0.717) is 67.5 Å². The summed E-state index contributed by atoms with van der Waals surface area (Å²) < 4.78 is 139. The second-order valence-corrected chi connectivity index (χ2v) is 20.3. The van der Waals surface area contributed by atoms with Crippen LogP contribution in [0.5, 0.6) is 0 Å². The summed E-state index contributed by atoms with van der Waals surface area (Å²) in [4.78, 5) is 62.3. The predicted molar refractivity (Wildman–Crippen MR) is 260 cm³/mol. The number of hydrogen-bond acceptors (Lipinski definition) is 15. The van der Waals surface area contributed by atoms with Gasteiger partial charge in [-0.15, -0.1) is 10.2 Å². The fraction of sp³-hybridized carbons (Fsp3) is 0.510. The number of benzene rings is 2. The molecule has 3 aliphatic rings. The van der Waals surface area contributed by atoms with E-state index < -0.39 is 108 Å². The zero-order valence-corrected chi connectivity index (χ0v) is 43.3. The molecule has 7 rings (SSSR count). The molecule has 3 saturated heterocycles. The molecule has 0 spiro atoms. The van der Waals surface area contributed by atoms with Gasteiger partial charge in [-0.1, -0.05) is 24.0 Å². The van der Waals surface area contributed by atoms with Crippen LogP contribution in [-0.2, 0) is 36.8 Å². The third-order valence-corrected chi connectivity index (χ3v) is 14.2. The van der Waals surface area contributed by atoms with Gasteiger partial charge >= 0.3 is 24.5 Å². The van der Waals surface area contributed by atoms with Crippen LogP contribution < -0.4 is 26.3 Å². The van der Waals surface area contributed by atoms with Crippen LogP contribution in [-0.4, -0.2) is 156 Å². The Morgan fingerprint density at radius 3 is 1.86 bits per heavy atom. The Morgan fingerprint density at radius 1 is 0.795 bits per heavy atom. The molecule has 422 valence electrons. The normalized spacial score (nSPS) is 18.5. The van der Waals surface area contributed by atoms with E-state index in [1.807, 2.05) is 22.8 Å². The molecule has 0 unspecified atom stereocenters. The molecule has 19 nitrogen and oxygen atoms in total. The number of ether oxygens (including phenoxy) is 3. The zero-order valence-electron chi connectivity index (χ0n) is 43.3. The molecular formula is C51H58F8N10O9. The number of aryl methyl sites for hydroxylation is 1. The second-order valence-electron chi connectivity index (χ2n) is 20.3. The Balaban J connectivity index is 1.18. The highest BCUT2D eigenvalue weighted by atomic mass is 19.4. The molecule has 4 aromatic rings. The number of piperazine rings is 1. The standard InChI is InChI=1S/C51H58F8N10O9/c1-27-64-65-45(78-27)31-17-36(52)35(37(53)18-31)23-67(66-44(72)42(63-47(74)76-7)49(4,5)51(57,58)59)24-39(70)38(61-43(71)41(62-46(73)75-6)48(2,3)50(54,55)56)16-29-11-8-28(9-12-29)10-13-30-14-15-40(60-20-30)69-22-32-19-33(69)21-68(32)34-25-77-26-34/h8-9,11-12,14-15,17-18,20,32-34,38-39,41-42,70H,16,19,21-26H2,1-7H3,(H,61,71)(H,62,73)(H,63,74)(H,66,72)/t32-,33-,38-,39-,41+,42+/m0/s1. The number of aliphatic hydroxyl groups excluding tert-OH is 1. The lowest BCUT2D eigenvalue weighted by Gasteiger charge is -2.42. The average Bonchev–Trinajstić information content (AvgIpc) is 4.21. The number of nitrogens with one attached hydrogen (secondary N) is 4. The number of hydrogen-bond donors (Lipinski definition) is 5. The average molecular weight is 1110 g/mol. The summed E-state index contributed by atoms with van der Waals surface area (Å²) in [7, 11) is 1.65. The van der Waals surface area contributed by atoms with E-state index in [0.717, 1.165) is 64.9 Å². The highest BCUT2D eigenvalue weighted by Crippen LogP contribution is 2.42. The van der Waals surface area contributed by atoms with Crippen molar-refractivity contribution in [2.75, 3.05) is 52.0 Å². The number of amides is 4. The van der Waals surface area contributed by atoms with Crippen molar-refractivity contribution in [1.82, 2.24) is 46.5 Å². The van der Waals surface area contributed by atoms with Crippen molar-refractivity contribution in [2.24, 2.45) is 10.8 Å². The molecule has 6 atom stereocenters. The second kappa shape index (κ2) is 23.4. The molecule has 78 heavy (non-hydrogen) atoms. The number of alkyl carbamates (subject to hydrolysis) is 2. The SMILES string of the molecule is COC(=O)N[C@H](C(=O)N[C@@H](Cc1ccc(C#Cc2ccc(N3C[C@@H]4C[C@H]3CN4C3COC3)nc2)cc1)[C@@H](O)CN(Cc1c(F)cc(-c2nnc(C)o2)cc1F)NC(=O)[C@@H](NC(=O)OC)C(C)(C)C(F)(F)F)C(C)(C)C(F)(F)F. The zero-order chi connectivity index (χ0) is 57.1. The lowest BCUT2D eigenvalue weighted by atomic mass is 9.82. The number of halogens is 8. The van der Waals surface area contributed by atoms with Crippen LogP contribution in [0.25, 0.3) is 11.5 Å². The summed E-state index contributed by atoms with van der Waals surface area (Å²) in [6.45, 7) is 4.96. The van der Waals surface area contributed by atoms with Crippen molar-refractivity contribution in [3.63, 3.8) is 0 Å². The van der Waals surface area contributed by atoms with Gasteiger partial charge in [-0.25, -0.2) is 28.4 Å².